The van der Waals surface area contributed by atoms with Crippen LogP contribution < -0.4 is 10.1 Å². The van der Waals surface area contributed by atoms with Crippen molar-refractivity contribution in [2.75, 3.05) is 7.05 Å². The zero-order valence-corrected chi connectivity index (χ0v) is 11.1. The van der Waals surface area contributed by atoms with E-state index in [4.69, 9.17) is 4.74 Å². The molecule has 1 heterocycles. The van der Waals surface area contributed by atoms with E-state index in [0.717, 1.165) is 11.4 Å². The zero-order valence-electron chi connectivity index (χ0n) is 11.1. The van der Waals surface area contributed by atoms with Gasteiger partial charge >= 0.3 is 0 Å². The van der Waals surface area contributed by atoms with Gasteiger partial charge in [0, 0.05) is 18.7 Å². The number of para-hydroxylation sites is 1. The third-order valence-corrected chi connectivity index (χ3v) is 3.11. The molecule has 0 aliphatic heterocycles. The molecule has 0 fully saturated rings. The first-order chi connectivity index (χ1) is 8.72. The molecular formula is C14H19N3O. The second-order valence-electron chi connectivity index (χ2n) is 4.33. The maximum absolute atomic E-state index is 5.88. The van der Waals surface area contributed by atoms with Crippen LogP contribution in [0.1, 0.15) is 24.2 Å². The summed E-state index contributed by atoms with van der Waals surface area (Å²) in [5.74, 6) is 0.917. The van der Waals surface area contributed by atoms with Crippen molar-refractivity contribution in [2.24, 2.45) is 7.05 Å². The normalized spacial score (nSPS) is 12.4. The Morgan fingerprint density at radius 3 is 2.83 bits per heavy atom. The van der Waals surface area contributed by atoms with E-state index in [2.05, 4.69) is 23.3 Å². The average Bonchev–Trinajstić information content (AvgIpc) is 2.81. The van der Waals surface area contributed by atoms with E-state index in [1.165, 1.54) is 5.56 Å². The van der Waals surface area contributed by atoms with Crippen molar-refractivity contribution in [3.8, 4) is 5.75 Å². The fourth-order valence-electron chi connectivity index (χ4n) is 1.80. The van der Waals surface area contributed by atoms with Gasteiger partial charge in [0.05, 0.1) is 18.2 Å². The lowest BCUT2D eigenvalue weighted by Crippen LogP contribution is -2.14. The molecule has 1 aromatic heterocycles. The predicted octanol–water partition coefficient (Wildman–Crippen LogP) is 2.28. The molecule has 0 saturated heterocycles. The van der Waals surface area contributed by atoms with E-state index in [1.54, 1.807) is 6.33 Å². The van der Waals surface area contributed by atoms with E-state index in [9.17, 15) is 0 Å². The number of ether oxygens (including phenoxy) is 1. The Balaban J connectivity index is 2.12. The summed E-state index contributed by atoms with van der Waals surface area (Å²) in [6.45, 7) is 2.65. The average molecular weight is 245 g/mol. The first-order valence-electron chi connectivity index (χ1n) is 6.06. The second kappa shape index (κ2) is 5.69. The third kappa shape index (κ3) is 2.71. The Morgan fingerprint density at radius 1 is 1.39 bits per heavy atom. The molecule has 1 aromatic carbocycles. The molecule has 0 saturated carbocycles. The molecular weight excluding hydrogens is 226 g/mol. The molecule has 0 aliphatic carbocycles. The highest BCUT2D eigenvalue weighted by atomic mass is 16.5. The SMILES string of the molecule is CNC(C)c1ccccc1OCc1cncn1C. The van der Waals surface area contributed by atoms with Crippen LogP contribution in [0, 0.1) is 0 Å². The summed E-state index contributed by atoms with van der Waals surface area (Å²) in [5.41, 5.74) is 2.23. The Bertz CT molecular complexity index is 507. The van der Waals surface area contributed by atoms with Crippen LogP contribution in [0.4, 0.5) is 0 Å². The van der Waals surface area contributed by atoms with Crippen LogP contribution in [0.3, 0.4) is 0 Å². The van der Waals surface area contributed by atoms with Crippen LogP contribution in [0.2, 0.25) is 0 Å². The van der Waals surface area contributed by atoms with Crippen LogP contribution in [0.25, 0.3) is 0 Å². The molecule has 1 unspecified atom stereocenters. The van der Waals surface area contributed by atoms with Gasteiger partial charge in [-0.05, 0) is 20.0 Å². The van der Waals surface area contributed by atoms with Gasteiger partial charge < -0.3 is 14.6 Å². The van der Waals surface area contributed by atoms with Gasteiger partial charge in [-0.3, -0.25) is 0 Å². The van der Waals surface area contributed by atoms with E-state index >= 15 is 0 Å². The van der Waals surface area contributed by atoms with Gasteiger partial charge in [-0.1, -0.05) is 18.2 Å². The minimum atomic E-state index is 0.271. The highest BCUT2D eigenvalue weighted by molar-refractivity contribution is 5.35. The standard InChI is InChI=1S/C14H19N3O/c1-11(15-2)13-6-4-5-7-14(13)18-9-12-8-16-10-17(12)3/h4-8,10-11,15H,9H2,1-3H3. The lowest BCUT2D eigenvalue weighted by Gasteiger charge is -2.16. The molecule has 2 aromatic rings. The van der Waals surface area contributed by atoms with Crippen LogP contribution in [-0.4, -0.2) is 16.6 Å². The zero-order chi connectivity index (χ0) is 13.0. The van der Waals surface area contributed by atoms with Crippen molar-refractivity contribution in [1.29, 1.82) is 0 Å². The predicted molar refractivity (Wildman–Crippen MR) is 71.5 cm³/mol. The van der Waals surface area contributed by atoms with Crippen molar-refractivity contribution in [2.45, 2.75) is 19.6 Å². The summed E-state index contributed by atoms with van der Waals surface area (Å²) in [6, 6.07) is 8.37. The van der Waals surface area contributed by atoms with Gasteiger partial charge in [-0.25, -0.2) is 4.98 Å². The molecule has 1 atom stereocenters. The number of hydrogen-bond acceptors (Lipinski definition) is 3. The summed E-state index contributed by atoms with van der Waals surface area (Å²) in [5, 5.41) is 3.23. The van der Waals surface area contributed by atoms with Gasteiger partial charge in [-0.15, -0.1) is 0 Å². The van der Waals surface area contributed by atoms with Gasteiger partial charge in [0.25, 0.3) is 0 Å². The van der Waals surface area contributed by atoms with E-state index < -0.39 is 0 Å². The molecule has 0 spiro atoms. The van der Waals surface area contributed by atoms with Gasteiger partial charge in [0.2, 0.25) is 0 Å². The number of aromatic nitrogens is 2. The maximum atomic E-state index is 5.88. The maximum Gasteiger partial charge on any atom is 0.130 e. The molecule has 96 valence electrons. The van der Waals surface area contributed by atoms with Crippen LogP contribution in [0.5, 0.6) is 5.75 Å². The van der Waals surface area contributed by atoms with E-state index in [-0.39, 0.29) is 6.04 Å². The third-order valence-electron chi connectivity index (χ3n) is 3.11. The number of hydrogen-bond donors (Lipinski definition) is 1. The van der Waals surface area contributed by atoms with Crippen molar-refractivity contribution >= 4 is 0 Å². The lowest BCUT2D eigenvalue weighted by molar-refractivity contribution is 0.291. The smallest absolute Gasteiger partial charge is 0.130 e. The lowest BCUT2D eigenvalue weighted by atomic mass is 10.1. The van der Waals surface area contributed by atoms with E-state index in [0.29, 0.717) is 6.61 Å². The number of benzene rings is 1. The molecule has 4 nitrogen and oxygen atoms in total. The van der Waals surface area contributed by atoms with E-state index in [1.807, 2.05) is 43.1 Å². The molecule has 0 bridgehead atoms. The Kier molecular flexibility index (Phi) is 3.99. The topological polar surface area (TPSA) is 39.1 Å². The fraction of sp³-hybridized carbons (Fsp3) is 0.357. The Morgan fingerprint density at radius 2 is 2.17 bits per heavy atom. The molecule has 2 rings (SSSR count). The summed E-state index contributed by atoms with van der Waals surface area (Å²) < 4.78 is 7.85. The minimum Gasteiger partial charge on any atom is -0.487 e. The Labute approximate surface area is 108 Å². The molecule has 0 aliphatic rings. The van der Waals surface area contributed by atoms with Gasteiger partial charge in [0.1, 0.15) is 12.4 Å². The number of nitrogens with one attached hydrogen (secondary N) is 1. The highest BCUT2D eigenvalue weighted by Crippen LogP contribution is 2.25. The highest BCUT2D eigenvalue weighted by Gasteiger charge is 2.09. The number of rotatable bonds is 5. The molecule has 0 radical (unpaired) electrons. The van der Waals surface area contributed by atoms with Crippen molar-refractivity contribution in [1.82, 2.24) is 14.9 Å². The first kappa shape index (κ1) is 12.6. The minimum absolute atomic E-state index is 0.271. The molecule has 1 N–H and O–H groups in total. The summed E-state index contributed by atoms with van der Waals surface area (Å²) in [4.78, 5) is 4.08. The number of nitrogens with zero attached hydrogens (tertiary/aromatic N) is 2. The number of imidazole rings is 1. The largest absolute Gasteiger partial charge is 0.487 e. The molecule has 0 amide bonds. The molecule has 18 heavy (non-hydrogen) atoms. The fourth-order valence-corrected chi connectivity index (χ4v) is 1.80. The van der Waals surface area contributed by atoms with Gasteiger partial charge in [0.15, 0.2) is 0 Å². The van der Waals surface area contributed by atoms with Crippen LogP contribution in [0.15, 0.2) is 36.8 Å². The van der Waals surface area contributed by atoms with Crippen molar-refractivity contribution in [3.63, 3.8) is 0 Å². The summed E-state index contributed by atoms with van der Waals surface area (Å²) >= 11 is 0. The second-order valence-corrected chi connectivity index (χ2v) is 4.33. The monoisotopic (exact) mass is 245 g/mol. The molecule has 4 heteroatoms. The first-order valence-corrected chi connectivity index (χ1v) is 6.06. The Hall–Kier alpha value is -1.81. The van der Waals surface area contributed by atoms with Crippen LogP contribution in [-0.2, 0) is 13.7 Å². The quantitative estimate of drug-likeness (QED) is 0.878. The summed E-state index contributed by atoms with van der Waals surface area (Å²) in [6.07, 6.45) is 3.60. The number of aryl methyl sites for hydroxylation is 1. The van der Waals surface area contributed by atoms with Crippen LogP contribution >= 0.6 is 0 Å². The van der Waals surface area contributed by atoms with Crippen molar-refractivity contribution < 1.29 is 4.74 Å². The van der Waals surface area contributed by atoms with Crippen molar-refractivity contribution in [3.05, 3.63) is 48.0 Å². The van der Waals surface area contributed by atoms with Gasteiger partial charge in [-0.2, -0.15) is 0 Å². The summed E-state index contributed by atoms with van der Waals surface area (Å²) in [7, 11) is 3.91.